The second kappa shape index (κ2) is 5.59. The lowest BCUT2D eigenvalue weighted by Gasteiger charge is -2.29. The van der Waals surface area contributed by atoms with E-state index in [-0.39, 0.29) is 5.79 Å². The molecule has 4 heteroatoms. The van der Waals surface area contributed by atoms with Crippen molar-refractivity contribution in [2.45, 2.75) is 25.0 Å². The first-order chi connectivity index (χ1) is 7.85. The van der Waals surface area contributed by atoms with E-state index in [1.165, 1.54) is 12.7 Å². The van der Waals surface area contributed by atoms with Crippen molar-refractivity contribution in [1.82, 2.24) is 0 Å². The first kappa shape index (κ1) is 11.8. The summed E-state index contributed by atoms with van der Waals surface area (Å²) >= 11 is 0. The maximum absolute atomic E-state index is 5.64. The van der Waals surface area contributed by atoms with Crippen molar-refractivity contribution in [2.24, 2.45) is 0 Å². The quantitative estimate of drug-likeness (QED) is 0.417. The summed E-state index contributed by atoms with van der Waals surface area (Å²) in [6.07, 6.45) is 8.97. The molecule has 0 bridgehead atoms. The number of hydrogen-bond donors (Lipinski definition) is 0. The molecule has 0 saturated carbocycles. The van der Waals surface area contributed by atoms with Crippen LogP contribution in [0.25, 0.3) is 0 Å². The standard InChI is InChI=1S/C12H18O4/c1-13-16-8-2-3-11-4-6-12(7-5-11)14-9-10-15-12/h2-4H,5-10H2,1H3. The average Bonchev–Trinajstić information content (AvgIpc) is 2.76. The summed E-state index contributed by atoms with van der Waals surface area (Å²) in [5.74, 6) is -0.319. The van der Waals surface area contributed by atoms with Crippen molar-refractivity contribution in [2.75, 3.05) is 26.9 Å². The van der Waals surface area contributed by atoms with E-state index in [1.807, 2.05) is 6.08 Å². The average molecular weight is 226 g/mol. The van der Waals surface area contributed by atoms with Crippen molar-refractivity contribution in [3.8, 4) is 0 Å². The molecule has 4 nitrogen and oxygen atoms in total. The van der Waals surface area contributed by atoms with Crippen molar-refractivity contribution in [3.63, 3.8) is 0 Å². The van der Waals surface area contributed by atoms with Crippen LogP contribution in [-0.4, -0.2) is 32.7 Å². The molecule has 16 heavy (non-hydrogen) atoms. The SMILES string of the molecule is COOCC=CC1=CCC2(CC1)OCCO2. The maximum atomic E-state index is 5.64. The molecule has 0 atom stereocenters. The van der Waals surface area contributed by atoms with E-state index in [9.17, 15) is 0 Å². The Hall–Kier alpha value is -0.680. The summed E-state index contributed by atoms with van der Waals surface area (Å²) < 4.78 is 11.3. The van der Waals surface area contributed by atoms with Gasteiger partial charge in [0.05, 0.1) is 20.3 Å². The Kier molecular flexibility index (Phi) is 4.12. The summed E-state index contributed by atoms with van der Waals surface area (Å²) in [6.45, 7) is 1.92. The van der Waals surface area contributed by atoms with Gasteiger partial charge in [0.2, 0.25) is 0 Å². The Balaban J connectivity index is 1.81. The molecule has 0 N–H and O–H groups in total. The summed E-state index contributed by atoms with van der Waals surface area (Å²) in [7, 11) is 1.51. The van der Waals surface area contributed by atoms with Crippen LogP contribution >= 0.6 is 0 Å². The summed E-state index contributed by atoms with van der Waals surface area (Å²) in [5.41, 5.74) is 1.31. The summed E-state index contributed by atoms with van der Waals surface area (Å²) in [4.78, 5) is 9.25. The second-order valence-electron chi connectivity index (χ2n) is 3.94. The van der Waals surface area contributed by atoms with Crippen molar-refractivity contribution >= 4 is 0 Å². The highest BCUT2D eigenvalue weighted by molar-refractivity contribution is 5.22. The summed E-state index contributed by atoms with van der Waals surface area (Å²) in [6, 6.07) is 0. The number of ether oxygens (including phenoxy) is 2. The van der Waals surface area contributed by atoms with Crippen LogP contribution in [0.5, 0.6) is 0 Å². The topological polar surface area (TPSA) is 36.9 Å². The van der Waals surface area contributed by atoms with Gasteiger partial charge in [0, 0.05) is 12.8 Å². The molecule has 1 heterocycles. The molecule has 1 aliphatic heterocycles. The number of hydrogen-bond acceptors (Lipinski definition) is 4. The van der Waals surface area contributed by atoms with Crippen LogP contribution in [0.4, 0.5) is 0 Å². The predicted molar refractivity (Wildman–Crippen MR) is 58.7 cm³/mol. The molecule has 0 radical (unpaired) electrons. The third kappa shape index (κ3) is 2.92. The molecule has 90 valence electrons. The van der Waals surface area contributed by atoms with E-state index in [0.29, 0.717) is 6.61 Å². The molecule has 1 spiro atoms. The lowest BCUT2D eigenvalue weighted by Crippen LogP contribution is -2.31. The molecule has 0 aromatic carbocycles. The molecular weight excluding hydrogens is 208 g/mol. The predicted octanol–water partition coefficient (Wildman–Crippen LogP) is 1.97. The van der Waals surface area contributed by atoms with E-state index in [1.54, 1.807) is 0 Å². The van der Waals surface area contributed by atoms with E-state index in [0.717, 1.165) is 32.5 Å². The van der Waals surface area contributed by atoms with Gasteiger partial charge in [-0.05, 0) is 6.42 Å². The van der Waals surface area contributed by atoms with Gasteiger partial charge in [-0.25, -0.2) is 9.78 Å². The largest absolute Gasteiger partial charge is 0.347 e. The third-order valence-electron chi connectivity index (χ3n) is 2.90. The monoisotopic (exact) mass is 226 g/mol. The van der Waals surface area contributed by atoms with Gasteiger partial charge in [-0.2, -0.15) is 0 Å². The zero-order valence-electron chi connectivity index (χ0n) is 9.61. The summed E-state index contributed by atoms with van der Waals surface area (Å²) in [5, 5.41) is 0. The highest BCUT2D eigenvalue weighted by Gasteiger charge is 2.37. The van der Waals surface area contributed by atoms with E-state index in [4.69, 9.17) is 14.4 Å². The van der Waals surface area contributed by atoms with Crippen LogP contribution in [-0.2, 0) is 19.2 Å². The van der Waals surface area contributed by atoms with Gasteiger partial charge in [-0.1, -0.05) is 23.8 Å². The lowest BCUT2D eigenvalue weighted by molar-refractivity contribution is -0.263. The maximum Gasteiger partial charge on any atom is 0.172 e. The van der Waals surface area contributed by atoms with Gasteiger partial charge in [-0.15, -0.1) is 0 Å². The Bertz CT molecular complexity index is 277. The van der Waals surface area contributed by atoms with Gasteiger partial charge in [0.25, 0.3) is 0 Å². The first-order valence-electron chi connectivity index (χ1n) is 5.64. The van der Waals surface area contributed by atoms with Crippen LogP contribution in [0.1, 0.15) is 19.3 Å². The molecule has 2 rings (SSSR count). The molecule has 1 fully saturated rings. The van der Waals surface area contributed by atoms with Crippen molar-refractivity contribution < 1.29 is 19.2 Å². The molecule has 0 aromatic rings. The minimum absolute atomic E-state index is 0.319. The Morgan fingerprint density at radius 3 is 2.88 bits per heavy atom. The van der Waals surface area contributed by atoms with Crippen molar-refractivity contribution in [3.05, 3.63) is 23.8 Å². The van der Waals surface area contributed by atoms with Crippen LogP contribution < -0.4 is 0 Å². The zero-order chi connectivity index (χ0) is 11.3. The Morgan fingerprint density at radius 2 is 2.25 bits per heavy atom. The van der Waals surface area contributed by atoms with Gasteiger partial charge in [0.1, 0.15) is 6.61 Å². The fraction of sp³-hybridized carbons (Fsp3) is 0.667. The van der Waals surface area contributed by atoms with Gasteiger partial charge in [0.15, 0.2) is 5.79 Å². The van der Waals surface area contributed by atoms with Gasteiger partial charge in [-0.3, -0.25) is 0 Å². The number of allylic oxidation sites excluding steroid dienone is 2. The molecule has 0 aromatic heterocycles. The fourth-order valence-corrected chi connectivity index (χ4v) is 2.04. The lowest BCUT2D eigenvalue weighted by atomic mass is 9.94. The van der Waals surface area contributed by atoms with E-state index in [2.05, 4.69) is 17.0 Å². The third-order valence-corrected chi connectivity index (χ3v) is 2.90. The Labute approximate surface area is 95.7 Å². The van der Waals surface area contributed by atoms with Crippen LogP contribution in [0, 0.1) is 0 Å². The van der Waals surface area contributed by atoms with Crippen LogP contribution in [0.15, 0.2) is 23.8 Å². The minimum Gasteiger partial charge on any atom is -0.347 e. The van der Waals surface area contributed by atoms with E-state index < -0.39 is 0 Å². The van der Waals surface area contributed by atoms with Gasteiger partial charge < -0.3 is 9.47 Å². The highest BCUT2D eigenvalue weighted by atomic mass is 17.2. The van der Waals surface area contributed by atoms with Gasteiger partial charge >= 0.3 is 0 Å². The minimum atomic E-state index is -0.319. The smallest absolute Gasteiger partial charge is 0.172 e. The van der Waals surface area contributed by atoms with Crippen molar-refractivity contribution in [1.29, 1.82) is 0 Å². The number of rotatable bonds is 4. The zero-order valence-corrected chi connectivity index (χ0v) is 9.61. The first-order valence-corrected chi connectivity index (χ1v) is 5.64. The normalized spacial score (nSPS) is 24.2. The molecule has 0 amide bonds. The molecule has 1 aliphatic carbocycles. The molecular formula is C12H18O4. The van der Waals surface area contributed by atoms with E-state index >= 15 is 0 Å². The fourth-order valence-electron chi connectivity index (χ4n) is 2.04. The molecule has 1 saturated heterocycles. The second-order valence-corrected chi connectivity index (χ2v) is 3.94. The molecule has 0 unspecified atom stereocenters. The van der Waals surface area contributed by atoms with Crippen LogP contribution in [0.3, 0.4) is 0 Å². The van der Waals surface area contributed by atoms with Crippen LogP contribution in [0.2, 0.25) is 0 Å². The Morgan fingerprint density at radius 1 is 1.44 bits per heavy atom. The molecule has 2 aliphatic rings. The highest BCUT2D eigenvalue weighted by Crippen LogP contribution is 2.35.